The van der Waals surface area contributed by atoms with E-state index in [9.17, 15) is 4.79 Å². The molecule has 1 aromatic heterocycles. The smallest absolute Gasteiger partial charge is 0.244 e. The Hall–Kier alpha value is -1.15. The van der Waals surface area contributed by atoms with Crippen LogP contribution in [0.3, 0.4) is 0 Å². The average molecular weight is 432 g/mol. The van der Waals surface area contributed by atoms with Gasteiger partial charge in [-0.25, -0.2) is 0 Å². The molecule has 0 spiro atoms. The molecule has 3 rings (SSSR count). The van der Waals surface area contributed by atoms with Gasteiger partial charge < -0.3 is 15.8 Å². The number of nitrogens with zero attached hydrogens (tertiary/aromatic N) is 1. The number of nitrogens with one attached hydrogen (secondary N) is 1. The number of thiophene rings is 1. The van der Waals surface area contributed by atoms with E-state index in [4.69, 9.17) is 10.5 Å². The van der Waals surface area contributed by atoms with E-state index in [1.807, 2.05) is 36.4 Å². The molecule has 1 aromatic carbocycles. The molecule has 1 aliphatic heterocycles. The van der Waals surface area contributed by atoms with E-state index in [1.165, 1.54) is 4.88 Å². The molecule has 27 heavy (non-hydrogen) atoms. The molecule has 0 aliphatic carbocycles. The maximum atomic E-state index is 12.7. The van der Waals surface area contributed by atoms with Gasteiger partial charge in [0.05, 0.1) is 19.3 Å². The van der Waals surface area contributed by atoms with Crippen molar-refractivity contribution in [1.29, 1.82) is 0 Å². The molecule has 2 aromatic rings. The molecular weight excluding hydrogens is 405 g/mol. The van der Waals surface area contributed by atoms with E-state index >= 15 is 0 Å². The number of hydrogen-bond acceptors (Lipinski definition) is 5. The number of rotatable bonds is 6. The van der Waals surface area contributed by atoms with Crippen LogP contribution >= 0.6 is 36.2 Å². The first-order valence-electron chi connectivity index (χ1n) is 8.57. The van der Waals surface area contributed by atoms with Crippen LogP contribution in [0.1, 0.15) is 23.4 Å². The van der Waals surface area contributed by atoms with Crippen molar-refractivity contribution in [1.82, 2.24) is 10.2 Å². The largest absolute Gasteiger partial charge is 0.379 e. The fourth-order valence-corrected chi connectivity index (χ4v) is 3.93. The predicted molar refractivity (Wildman–Crippen MR) is 115 cm³/mol. The molecular formula is C19H27Cl2N3O2S. The lowest BCUT2D eigenvalue weighted by molar-refractivity contribution is -0.126. The van der Waals surface area contributed by atoms with E-state index in [1.54, 1.807) is 18.3 Å². The summed E-state index contributed by atoms with van der Waals surface area (Å²) < 4.78 is 5.46. The lowest BCUT2D eigenvalue weighted by Crippen LogP contribution is -2.51. The summed E-state index contributed by atoms with van der Waals surface area (Å²) in [5, 5.41) is 5.14. The summed E-state index contributed by atoms with van der Waals surface area (Å²) in [7, 11) is 0. The molecule has 0 radical (unpaired) electrons. The Morgan fingerprint density at radius 3 is 2.48 bits per heavy atom. The van der Waals surface area contributed by atoms with Crippen LogP contribution < -0.4 is 11.1 Å². The molecule has 2 atom stereocenters. The zero-order chi connectivity index (χ0) is 17.7. The molecule has 0 bridgehead atoms. The van der Waals surface area contributed by atoms with E-state index in [-0.39, 0.29) is 36.8 Å². The third kappa shape index (κ3) is 5.91. The molecule has 2 unspecified atom stereocenters. The number of carbonyl (C=O) groups is 1. The summed E-state index contributed by atoms with van der Waals surface area (Å²) in [6.07, 6.45) is 0. The van der Waals surface area contributed by atoms with Gasteiger partial charge in [0.2, 0.25) is 5.91 Å². The van der Waals surface area contributed by atoms with Crippen LogP contribution in [-0.2, 0) is 15.1 Å². The molecule has 2 heterocycles. The van der Waals surface area contributed by atoms with Gasteiger partial charge in [-0.15, -0.1) is 36.2 Å². The van der Waals surface area contributed by atoms with Gasteiger partial charge in [-0.05, 0) is 23.9 Å². The minimum Gasteiger partial charge on any atom is -0.379 e. The number of carbonyl (C=O) groups excluding carboxylic acids is 1. The van der Waals surface area contributed by atoms with Crippen molar-refractivity contribution in [2.45, 2.75) is 18.5 Å². The zero-order valence-corrected chi connectivity index (χ0v) is 17.7. The van der Waals surface area contributed by atoms with Crippen molar-refractivity contribution in [3.63, 3.8) is 0 Å². The lowest BCUT2D eigenvalue weighted by atomic mass is 9.92. The third-order valence-electron chi connectivity index (χ3n) is 4.66. The highest BCUT2D eigenvalue weighted by Crippen LogP contribution is 2.26. The fourth-order valence-electron chi connectivity index (χ4n) is 3.07. The third-order valence-corrected chi connectivity index (χ3v) is 5.63. The standard InChI is InChI=1S/C19H25N3O2S.2ClH/c1-19(20,15-6-3-2-4-7-15)18(23)21-14-16(17-8-5-13-25-17)22-9-11-24-12-10-22;;/h2-8,13,16H,9-12,14,20H2,1H3,(H,21,23);2*1H. The van der Waals surface area contributed by atoms with Gasteiger partial charge in [0.25, 0.3) is 0 Å². The van der Waals surface area contributed by atoms with Crippen LogP contribution in [0, 0.1) is 0 Å². The number of halogens is 2. The van der Waals surface area contributed by atoms with Gasteiger partial charge in [-0.3, -0.25) is 9.69 Å². The number of benzene rings is 1. The molecule has 150 valence electrons. The van der Waals surface area contributed by atoms with Gasteiger partial charge in [0.1, 0.15) is 5.54 Å². The van der Waals surface area contributed by atoms with E-state index in [2.05, 4.69) is 21.7 Å². The van der Waals surface area contributed by atoms with Crippen molar-refractivity contribution in [3.05, 3.63) is 58.3 Å². The van der Waals surface area contributed by atoms with Crippen LogP contribution in [-0.4, -0.2) is 43.7 Å². The highest BCUT2D eigenvalue weighted by molar-refractivity contribution is 7.10. The number of morpholine rings is 1. The topological polar surface area (TPSA) is 67.6 Å². The van der Waals surface area contributed by atoms with E-state index in [0.29, 0.717) is 6.54 Å². The highest BCUT2D eigenvalue weighted by Gasteiger charge is 2.32. The predicted octanol–water partition coefficient (Wildman–Crippen LogP) is 2.96. The Morgan fingerprint density at radius 2 is 1.89 bits per heavy atom. The van der Waals surface area contributed by atoms with Crippen molar-refractivity contribution in [3.8, 4) is 0 Å². The zero-order valence-electron chi connectivity index (χ0n) is 15.3. The van der Waals surface area contributed by atoms with E-state index in [0.717, 1.165) is 31.9 Å². The monoisotopic (exact) mass is 431 g/mol. The number of ether oxygens (including phenoxy) is 1. The summed E-state index contributed by atoms with van der Waals surface area (Å²) in [6, 6.07) is 13.8. The second-order valence-corrected chi connectivity index (χ2v) is 7.44. The SMILES string of the molecule is CC(N)(C(=O)NCC(c1cccs1)N1CCOCC1)c1ccccc1.Cl.Cl. The number of hydrogen-bond donors (Lipinski definition) is 2. The first kappa shape index (κ1) is 23.9. The molecule has 1 aliphatic rings. The fraction of sp³-hybridized carbons (Fsp3) is 0.421. The summed E-state index contributed by atoms with van der Waals surface area (Å²) in [4.78, 5) is 16.4. The van der Waals surface area contributed by atoms with Crippen LogP contribution in [0.2, 0.25) is 0 Å². The summed E-state index contributed by atoms with van der Waals surface area (Å²) in [5.74, 6) is -0.159. The van der Waals surface area contributed by atoms with Crippen LogP contribution in [0.5, 0.6) is 0 Å². The minimum atomic E-state index is -1.05. The second kappa shape index (κ2) is 11.0. The summed E-state index contributed by atoms with van der Waals surface area (Å²) in [5.41, 5.74) is 6.08. The molecule has 1 amide bonds. The maximum Gasteiger partial charge on any atom is 0.244 e. The van der Waals surface area contributed by atoms with Crippen LogP contribution in [0.25, 0.3) is 0 Å². The van der Waals surface area contributed by atoms with Crippen molar-refractivity contribution < 1.29 is 9.53 Å². The van der Waals surface area contributed by atoms with Gasteiger partial charge in [0.15, 0.2) is 0 Å². The van der Waals surface area contributed by atoms with Crippen LogP contribution in [0.4, 0.5) is 0 Å². The van der Waals surface area contributed by atoms with Gasteiger partial charge in [-0.1, -0.05) is 36.4 Å². The Balaban J connectivity index is 0.00000182. The highest BCUT2D eigenvalue weighted by atomic mass is 35.5. The molecule has 1 fully saturated rings. The lowest BCUT2D eigenvalue weighted by Gasteiger charge is -2.35. The first-order chi connectivity index (χ1) is 12.1. The molecule has 3 N–H and O–H groups in total. The Labute approximate surface area is 177 Å². The quantitative estimate of drug-likeness (QED) is 0.737. The van der Waals surface area contributed by atoms with Crippen LogP contribution in [0.15, 0.2) is 47.8 Å². The van der Waals surface area contributed by atoms with Gasteiger partial charge in [-0.2, -0.15) is 0 Å². The van der Waals surface area contributed by atoms with Crippen molar-refractivity contribution in [2.24, 2.45) is 5.73 Å². The molecule has 5 nitrogen and oxygen atoms in total. The van der Waals surface area contributed by atoms with Crippen molar-refractivity contribution >= 4 is 42.1 Å². The Kier molecular flexibility index (Phi) is 9.73. The van der Waals surface area contributed by atoms with Gasteiger partial charge in [0, 0.05) is 24.5 Å². The van der Waals surface area contributed by atoms with Crippen molar-refractivity contribution in [2.75, 3.05) is 32.8 Å². The Bertz CT molecular complexity index is 678. The number of nitrogens with two attached hydrogens (primary N) is 1. The van der Waals surface area contributed by atoms with Gasteiger partial charge >= 0.3 is 0 Å². The summed E-state index contributed by atoms with van der Waals surface area (Å²) in [6.45, 7) is 5.50. The normalized spacial score (nSPS) is 17.7. The first-order valence-corrected chi connectivity index (χ1v) is 9.45. The minimum absolute atomic E-state index is 0. The molecule has 8 heteroatoms. The molecule has 1 saturated heterocycles. The molecule has 0 saturated carbocycles. The number of amides is 1. The van der Waals surface area contributed by atoms with E-state index < -0.39 is 5.54 Å². The Morgan fingerprint density at radius 1 is 1.22 bits per heavy atom. The second-order valence-electron chi connectivity index (χ2n) is 6.46. The maximum absolute atomic E-state index is 12.7. The summed E-state index contributed by atoms with van der Waals surface area (Å²) >= 11 is 1.72. The average Bonchev–Trinajstić information content (AvgIpc) is 3.18.